The van der Waals surface area contributed by atoms with Crippen molar-refractivity contribution in [1.29, 1.82) is 0 Å². The Morgan fingerprint density at radius 2 is 2.14 bits per heavy atom. The molecule has 2 amide bonds. The predicted octanol–water partition coefficient (Wildman–Crippen LogP) is -0.356. The van der Waals surface area contributed by atoms with Crippen LogP contribution in [0.1, 0.15) is 12.8 Å². The maximum absolute atomic E-state index is 12.4. The summed E-state index contributed by atoms with van der Waals surface area (Å²) in [5.74, 6) is 0.640. The summed E-state index contributed by atoms with van der Waals surface area (Å²) >= 11 is 0. The Balaban J connectivity index is 1.54. The Hall–Kier alpha value is -1.14. The molecule has 0 aromatic rings. The topological polar surface area (TPSA) is 53.1 Å². The van der Waals surface area contributed by atoms with Gasteiger partial charge in [-0.2, -0.15) is 0 Å². The average Bonchev–Trinajstić information content (AvgIpc) is 3.14. The van der Waals surface area contributed by atoms with E-state index in [-0.39, 0.29) is 23.8 Å². The third-order valence-corrected chi connectivity index (χ3v) is 4.86. The highest BCUT2D eigenvalue weighted by Crippen LogP contribution is 2.33. The second kappa shape index (κ2) is 5.93. The molecule has 3 fully saturated rings. The van der Waals surface area contributed by atoms with Gasteiger partial charge in [-0.05, 0) is 26.9 Å². The van der Waals surface area contributed by atoms with Crippen molar-refractivity contribution in [2.45, 2.75) is 18.9 Å². The van der Waals surface area contributed by atoms with E-state index in [1.54, 1.807) is 0 Å². The summed E-state index contributed by atoms with van der Waals surface area (Å²) in [5, 5.41) is 0. The van der Waals surface area contributed by atoms with E-state index < -0.39 is 0 Å². The Bertz CT molecular complexity index is 420. The van der Waals surface area contributed by atoms with Crippen molar-refractivity contribution in [2.24, 2.45) is 11.8 Å². The van der Waals surface area contributed by atoms with Crippen molar-refractivity contribution >= 4 is 11.8 Å². The predicted molar refractivity (Wildman–Crippen MR) is 77.7 cm³/mol. The van der Waals surface area contributed by atoms with Crippen LogP contribution in [0.3, 0.4) is 0 Å². The van der Waals surface area contributed by atoms with Gasteiger partial charge in [0.05, 0.1) is 5.92 Å². The highest BCUT2D eigenvalue weighted by atomic mass is 16.5. The Kier molecular flexibility index (Phi) is 4.17. The summed E-state index contributed by atoms with van der Waals surface area (Å²) < 4.78 is 5.47. The molecule has 0 aromatic heterocycles. The van der Waals surface area contributed by atoms with E-state index >= 15 is 0 Å². The van der Waals surface area contributed by atoms with Crippen molar-refractivity contribution in [3.63, 3.8) is 0 Å². The Labute approximate surface area is 126 Å². The number of likely N-dealkylation sites (N-methyl/N-ethyl adjacent to an activating group) is 1. The van der Waals surface area contributed by atoms with Gasteiger partial charge >= 0.3 is 0 Å². The monoisotopic (exact) mass is 295 g/mol. The van der Waals surface area contributed by atoms with Crippen LogP contribution in [0.2, 0.25) is 0 Å². The first-order valence-corrected chi connectivity index (χ1v) is 7.90. The summed E-state index contributed by atoms with van der Waals surface area (Å²) in [6.45, 7) is 4.47. The van der Waals surface area contributed by atoms with Crippen molar-refractivity contribution in [2.75, 3.05) is 53.4 Å². The van der Waals surface area contributed by atoms with E-state index in [0.29, 0.717) is 25.6 Å². The van der Waals surface area contributed by atoms with Crippen LogP contribution in [0.15, 0.2) is 0 Å². The van der Waals surface area contributed by atoms with Gasteiger partial charge in [-0.25, -0.2) is 0 Å². The number of fused-ring (bicyclic) bond motifs is 1. The van der Waals surface area contributed by atoms with Gasteiger partial charge in [0, 0.05) is 45.2 Å². The summed E-state index contributed by atoms with van der Waals surface area (Å²) in [6, 6.07) is 0. The third-order valence-electron chi connectivity index (χ3n) is 4.86. The number of amides is 2. The van der Waals surface area contributed by atoms with E-state index in [1.165, 1.54) is 0 Å². The largest absolute Gasteiger partial charge is 0.368 e. The molecule has 0 spiro atoms. The second-order valence-corrected chi connectivity index (χ2v) is 6.70. The smallest absolute Gasteiger partial charge is 0.251 e. The SMILES string of the molecule is CN(C)CCN1C[C@@H]2CN(C(=O)[C@H]3CCCO3)C[C@H]2C1=O. The molecule has 0 aromatic carbocycles. The normalized spacial score (nSPS) is 32.3. The van der Waals surface area contributed by atoms with E-state index in [4.69, 9.17) is 4.74 Å². The molecule has 3 rings (SSSR count). The van der Waals surface area contributed by atoms with Gasteiger partial charge in [0.2, 0.25) is 5.91 Å². The highest BCUT2D eigenvalue weighted by Gasteiger charge is 2.48. The second-order valence-electron chi connectivity index (χ2n) is 6.70. The fourth-order valence-electron chi connectivity index (χ4n) is 3.62. The molecule has 0 bridgehead atoms. The lowest BCUT2D eigenvalue weighted by atomic mass is 10.0. The van der Waals surface area contributed by atoms with Crippen LogP contribution in [0.5, 0.6) is 0 Å². The maximum atomic E-state index is 12.4. The number of nitrogens with zero attached hydrogens (tertiary/aromatic N) is 3. The van der Waals surface area contributed by atoms with Crippen molar-refractivity contribution in [1.82, 2.24) is 14.7 Å². The molecular formula is C15H25N3O3. The molecule has 6 heteroatoms. The minimum Gasteiger partial charge on any atom is -0.368 e. The first kappa shape index (κ1) is 14.8. The van der Waals surface area contributed by atoms with Crippen LogP contribution >= 0.6 is 0 Å². The zero-order valence-corrected chi connectivity index (χ0v) is 13.0. The lowest BCUT2D eigenvalue weighted by Crippen LogP contribution is -2.41. The zero-order chi connectivity index (χ0) is 15.0. The Morgan fingerprint density at radius 3 is 2.76 bits per heavy atom. The van der Waals surface area contributed by atoms with E-state index in [9.17, 15) is 9.59 Å². The number of ether oxygens (including phenoxy) is 1. The van der Waals surface area contributed by atoms with Crippen LogP contribution in [0.4, 0.5) is 0 Å². The first-order chi connectivity index (χ1) is 10.1. The molecule has 6 nitrogen and oxygen atoms in total. The molecule has 3 saturated heterocycles. The number of hydrogen-bond acceptors (Lipinski definition) is 4. The maximum Gasteiger partial charge on any atom is 0.251 e. The fraction of sp³-hybridized carbons (Fsp3) is 0.867. The first-order valence-electron chi connectivity index (χ1n) is 7.90. The molecule has 0 N–H and O–H groups in total. The number of carbonyl (C=O) groups is 2. The number of hydrogen-bond donors (Lipinski definition) is 0. The molecule has 0 unspecified atom stereocenters. The van der Waals surface area contributed by atoms with Gasteiger partial charge in [0.25, 0.3) is 5.91 Å². The molecule has 0 saturated carbocycles. The molecular weight excluding hydrogens is 270 g/mol. The van der Waals surface area contributed by atoms with E-state index in [1.807, 2.05) is 23.9 Å². The van der Waals surface area contributed by atoms with Crippen LogP contribution in [-0.4, -0.2) is 86.0 Å². The lowest BCUT2D eigenvalue weighted by molar-refractivity contribution is -0.140. The molecule has 21 heavy (non-hydrogen) atoms. The zero-order valence-electron chi connectivity index (χ0n) is 13.0. The van der Waals surface area contributed by atoms with Gasteiger partial charge < -0.3 is 19.4 Å². The summed E-state index contributed by atoms with van der Waals surface area (Å²) in [6.07, 6.45) is 1.53. The standard InChI is InChI=1S/C15H25N3O3/c1-16(2)5-6-17-8-11-9-18(10-12(11)14(17)19)15(20)13-4-3-7-21-13/h11-13H,3-10H2,1-2H3/t11-,12-,13-/m1/s1. The van der Waals surface area contributed by atoms with Crippen molar-refractivity contribution < 1.29 is 14.3 Å². The summed E-state index contributed by atoms with van der Waals surface area (Å²) in [7, 11) is 4.03. The van der Waals surface area contributed by atoms with Gasteiger partial charge in [-0.1, -0.05) is 0 Å². The minimum atomic E-state index is -0.260. The highest BCUT2D eigenvalue weighted by molar-refractivity contribution is 5.86. The van der Waals surface area contributed by atoms with Crippen LogP contribution in [0, 0.1) is 11.8 Å². The van der Waals surface area contributed by atoms with Gasteiger partial charge in [0.15, 0.2) is 0 Å². The molecule has 3 atom stereocenters. The van der Waals surface area contributed by atoms with Gasteiger partial charge in [0.1, 0.15) is 6.10 Å². The molecule has 118 valence electrons. The van der Waals surface area contributed by atoms with Gasteiger partial charge in [-0.3, -0.25) is 9.59 Å². The van der Waals surface area contributed by atoms with Crippen molar-refractivity contribution in [3.05, 3.63) is 0 Å². The molecule has 0 aliphatic carbocycles. The van der Waals surface area contributed by atoms with Crippen LogP contribution in [0.25, 0.3) is 0 Å². The van der Waals surface area contributed by atoms with Crippen LogP contribution in [-0.2, 0) is 14.3 Å². The molecule has 3 aliphatic heterocycles. The van der Waals surface area contributed by atoms with Crippen LogP contribution < -0.4 is 0 Å². The molecule has 3 aliphatic rings. The molecule has 3 heterocycles. The van der Waals surface area contributed by atoms with Crippen molar-refractivity contribution in [3.8, 4) is 0 Å². The lowest BCUT2D eigenvalue weighted by Gasteiger charge is -2.24. The Morgan fingerprint density at radius 1 is 1.33 bits per heavy atom. The quantitative estimate of drug-likeness (QED) is 0.711. The average molecular weight is 295 g/mol. The molecule has 0 radical (unpaired) electrons. The summed E-state index contributed by atoms with van der Waals surface area (Å²) in [5.41, 5.74) is 0. The number of likely N-dealkylation sites (tertiary alicyclic amines) is 2. The minimum absolute atomic E-state index is 0.0116. The third kappa shape index (κ3) is 2.92. The van der Waals surface area contributed by atoms with E-state index in [0.717, 1.165) is 32.5 Å². The summed E-state index contributed by atoms with van der Waals surface area (Å²) in [4.78, 5) is 30.7. The van der Waals surface area contributed by atoms with E-state index in [2.05, 4.69) is 4.90 Å². The number of rotatable bonds is 4. The van der Waals surface area contributed by atoms with Gasteiger partial charge in [-0.15, -0.1) is 0 Å². The fourth-order valence-corrected chi connectivity index (χ4v) is 3.62. The number of carbonyl (C=O) groups excluding carboxylic acids is 2.